The summed E-state index contributed by atoms with van der Waals surface area (Å²) in [5.41, 5.74) is 5.46. The first-order valence-corrected chi connectivity index (χ1v) is 10.3. The number of H-pyrrole nitrogens is 1. The van der Waals surface area contributed by atoms with Gasteiger partial charge >= 0.3 is 5.69 Å². The number of sulfone groups is 1. The molecule has 8 nitrogen and oxygen atoms in total. The maximum absolute atomic E-state index is 12.9. The van der Waals surface area contributed by atoms with E-state index in [2.05, 4.69) is 15.2 Å². The Labute approximate surface area is 164 Å². The molecule has 0 fully saturated rings. The lowest BCUT2D eigenvalue weighted by molar-refractivity contribution is 0.407. The van der Waals surface area contributed by atoms with E-state index in [1.807, 2.05) is 0 Å². The Hall–Kier alpha value is -3.18. The van der Waals surface area contributed by atoms with Crippen molar-refractivity contribution in [3.8, 4) is 17.1 Å². The van der Waals surface area contributed by atoms with Crippen molar-refractivity contribution in [2.45, 2.75) is 11.3 Å². The normalized spacial score (nSPS) is 11.4. The van der Waals surface area contributed by atoms with Gasteiger partial charge in [0.05, 0.1) is 10.6 Å². The predicted octanol–water partition coefficient (Wildman–Crippen LogP) is 1.68. The summed E-state index contributed by atoms with van der Waals surface area (Å²) >= 11 is 0. The molecule has 0 aliphatic rings. The van der Waals surface area contributed by atoms with Crippen LogP contribution in [0, 0.1) is 0 Å². The zero-order valence-electron chi connectivity index (χ0n) is 15.3. The van der Waals surface area contributed by atoms with E-state index in [9.17, 15) is 22.0 Å². The second-order valence-corrected chi connectivity index (χ2v) is 8.22. The van der Waals surface area contributed by atoms with Crippen molar-refractivity contribution < 1.29 is 17.2 Å². The number of hydrogen-bond donors (Lipinski definition) is 2. The zero-order chi connectivity index (χ0) is 21.2. The van der Waals surface area contributed by atoms with Gasteiger partial charge in [-0.05, 0) is 24.3 Å². The molecule has 0 atom stereocenters. The minimum absolute atomic E-state index is 0.0420. The molecule has 0 saturated carbocycles. The van der Waals surface area contributed by atoms with Gasteiger partial charge in [0, 0.05) is 30.4 Å². The fourth-order valence-corrected chi connectivity index (χ4v) is 3.30. The van der Waals surface area contributed by atoms with Crippen LogP contribution < -0.4 is 11.4 Å². The lowest BCUT2D eigenvalue weighted by Crippen LogP contribution is -2.19. The SMILES string of the molecule is CS(=O)(=O)c1ccc(-c2cccc(-n3c(CC(CN)=C(F)F)n[nH]c3=O)n2)cc1. The molecule has 0 amide bonds. The number of nitrogens with one attached hydrogen (secondary N) is 1. The largest absolute Gasteiger partial charge is 0.349 e. The summed E-state index contributed by atoms with van der Waals surface area (Å²) in [6.45, 7) is -0.371. The van der Waals surface area contributed by atoms with Crippen molar-refractivity contribution in [3.05, 3.63) is 70.4 Å². The summed E-state index contributed by atoms with van der Waals surface area (Å²) in [7, 11) is -3.33. The van der Waals surface area contributed by atoms with Crippen molar-refractivity contribution in [2.24, 2.45) is 5.73 Å². The van der Waals surface area contributed by atoms with Crippen LogP contribution in [0.5, 0.6) is 0 Å². The lowest BCUT2D eigenvalue weighted by atomic mass is 10.1. The number of nitrogens with zero attached hydrogens (tertiary/aromatic N) is 3. The second-order valence-electron chi connectivity index (χ2n) is 6.20. The van der Waals surface area contributed by atoms with E-state index >= 15 is 0 Å². The Morgan fingerprint density at radius 3 is 2.45 bits per heavy atom. The van der Waals surface area contributed by atoms with Gasteiger partial charge in [-0.25, -0.2) is 27.9 Å². The van der Waals surface area contributed by atoms with Gasteiger partial charge < -0.3 is 5.73 Å². The first kappa shape index (κ1) is 20.6. The topological polar surface area (TPSA) is 124 Å². The highest BCUT2D eigenvalue weighted by Crippen LogP contribution is 2.21. The molecule has 152 valence electrons. The second kappa shape index (κ2) is 8.05. The van der Waals surface area contributed by atoms with Gasteiger partial charge in [0.2, 0.25) is 0 Å². The summed E-state index contributed by atoms with van der Waals surface area (Å²) in [6, 6.07) is 10.9. The Bertz CT molecular complexity index is 1230. The van der Waals surface area contributed by atoms with Crippen molar-refractivity contribution in [1.29, 1.82) is 0 Å². The summed E-state index contributed by atoms with van der Waals surface area (Å²) in [5, 5.41) is 6.03. The van der Waals surface area contributed by atoms with Gasteiger partial charge in [0.1, 0.15) is 11.6 Å². The quantitative estimate of drug-likeness (QED) is 0.624. The smallest absolute Gasteiger partial charge is 0.327 e. The molecule has 0 radical (unpaired) electrons. The molecule has 0 saturated heterocycles. The maximum Gasteiger partial charge on any atom is 0.349 e. The third kappa shape index (κ3) is 4.46. The van der Waals surface area contributed by atoms with Crippen LogP contribution in [0.1, 0.15) is 5.82 Å². The molecule has 0 aliphatic heterocycles. The van der Waals surface area contributed by atoms with E-state index in [0.29, 0.717) is 11.3 Å². The Balaban J connectivity index is 2.02. The Kier molecular flexibility index (Phi) is 5.71. The average molecular weight is 421 g/mol. The van der Waals surface area contributed by atoms with E-state index in [4.69, 9.17) is 5.73 Å². The van der Waals surface area contributed by atoms with E-state index in [-0.39, 0.29) is 35.1 Å². The van der Waals surface area contributed by atoms with Gasteiger partial charge in [-0.2, -0.15) is 13.9 Å². The van der Waals surface area contributed by atoms with Gasteiger partial charge in [0.25, 0.3) is 6.08 Å². The number of nitrogens with two attached hydrogens (primary N) is 1. The minimum Gasteiger partial charge on any atom is -0.327 e. The molecule has 3 N–H and O–H groups in total. The van der Waals surface area contributed by atoms with Crippen LogP contribution in [-0.4, -0.2) is 41.0 Å². The van der Waals surface area contributed by atoms with E-state index in [1.165, 1.54) is 18.2 Å². The average Bonchev–Trinajstić information content (AvgIpc) is 3.05. The third-order valence-corrected chi connectivity index (χ3v) is 5.30. The van der Waals surface area contributed by atoms with Crippen LogP contribution in [0.15, 0.2) is 63.8 Å². The number of aromatic nitrogens is 4. The number of aromatic amines is 1. The van der Waals surface area contributed by atoms with Crippen molar-refractivity contribution in [1.82, 2.24) is 19.7 Å². The zero-order valence-corrected chi connectivity index (χ0v) is 16.1. The summed E-state index contributed by atoms with van der Waals surface area (Å²) in [4.78, 5) is 16.7. The fourth-order valence-electron chi connectivity index (χ4n) is 2.67. The molecule has 0 aliphatic carbocycles. The van der Waals surface area contributed by atoms with Crippen LogP contribution in [-0.2, 0) is 16.3 Å². The molecule has 1 aromatic carbocycles. The van der Waals surface area contributed by atoms with Gasteiger partial charge in [-0.1, -0.05) is 18.2 Å². The molecule has 0 bridgehead atoms. The first-order chi connectivity index (χ1) is 13.7. The van der Waals surface area contributed by atoms with Gasteiger partial charge in [0.15, 0.2) is 9.84 Å². The van der Waals surface area contributed by atoms with Crippen molar-refractivity contribution >= 4 is 9.84 Å². The van der Waals surface area contributed by atoms with E-state index in [0.717, 1.165) is 10.8 Å². The van der Waals surface area contributed by atoms with Crippen molar-refractivity contribution in [3.63, 3.8) is 0 Å². The molecule has 2 heterocycles. The summed E-state index contributed by atoms with van der Waals surface area (Å²) < 4.78 is 50.2. The molecule has 0 spiro atoms. The number of benzene rings is 1. The number of halogens is 2. The molecular formula is C18H17F2N5O3S. The Morgan fingerprint density at radius 1 is 1.17 bits per heavy atom. The lowest BCUT2D eigenvalue weighted by Gasteiger charge is -2.08. The van der Waals surface area contributed by atoms with E-state index in [1.54, 1.807) is 24.3 Å². The molecule has 0 unspecified atom stereocenters. The molecule has 3 rings (SSSR count). The third-order valence-electron chi connectivity index (χ3n) is 4.17. The van der Waals surface area contributed by atoms with Crippen LogP contribution >= 0.6 is 0 Å². The monoisotopic (exact) mass is 421 g/mol. The van der Waals surface area contributed by atoms with Gasteiger partial charge in [-0.3, -0.25) is 0 Å². The molecular weight excluding hydrogens is 404 g/mol. The highest BCUT2D eigenvalue weighted by atomic mass is 32.2. The van der Waals surface area contributed by atoms with Crippen LogP contribution in [0.2, 0.25) is 0 Å². The first-order valence-electron chi connectivity index (χ1n) is 8.38. The minimum atomic E-state index is -3.33. The highest BCUT2D eigenvalue weighted by Gasteiger charge is 2.16. The molecule has 2 aromatic heterocycles. The maximum atomic E-state index is 12.9. The predicted molar refractivity (Wildman–Crippen MR) is 103 cm³/mol. The number of hydrogen-bond acceptors (Lipinski definition) is 6. The Morgan fingerprint density at radius 2 is 1.86 bits per heavy atom. The number of pyridine rings is 1. The summed E-state index contributed by atoms with van der Waals surface area (Å²) in [5.74, 6) is 0.222. The molecule has 11 heteroatoms. The van der Waals surface area contributed by atoms with Crippen molar-refractivity contribution in [2.75, 3.05) is 12.8 Å². The summed E-state index contributed by atoms with van der Waals surface area (Å²) in [6.07, 6.45) is -1.12. The number of rotatable bonds is 6. The fraction of sp³-hybridized carbons (Fsp3) is 0.167. The van der Waals surface area contributed by atoms with Crippen LogP contribution in [0.25, 0.3) is 17.1 Å². The van der Waals surface area contributed by atoms with Crippen LogP contribution in [0.3, 0.4) is 0 Å². The van der Waals surface area contributed by atoms with E-state index < -0.39 is 21.6 Å². The van der Waals surface area contributed by atoms with Crippen LogP contribution in [0.4, 0.5) is 8.78 Å². The highest BCUT2D eigenvalue weighted by molar-refractivity contribution is 7.90. The molecule has 29 heavy (non-hydrogen) atoms. The standard InChI is InChI=1S/C18H17F2N5O3S/c1-29(27,28)13-7-5-11(6-8-13)14-3-2-4-15(22-14)25-16(23-24-18(25)26)9-12(10-21)17(19)20/h2-8H,9-10,21H2,1H3,(H,24,26). The van der Waals surface area contributed by atoms with Gasteiger partial charge in [-0.15, -0.1) is 0 Å². The molecule has 3 aromatic rings.